The van der Waals surface area contributed by atoms with Crippen molar-refractivity contribution >= 4 is 17.7 Å². The Hall–Kier alpha value is -2.81. The lowest BCUT2D eigenvalue weighted by Crippen LogP contribution is -2.38. The summed E-state index contributed by atoms with van der Waals surface area (Å²) in [5.41, 5.74) is 0.652. The van der Waals surface area contributed by atoms with Gasteiger partial charge in [0.2, 0.25) is 0 Å². The van der Waals surface area contributed by atoms with Gasteiger partial charge in [-0.1, -0.05) is 18.2 Å². The molecule has 0 saturated carbocycles. The number of carbonyl (C=O) groups is 2. The van der Waals surface area contributed by atoms with Gasteiger partial charge in [-0.25, -0.2) is 4.79 Å². The second kappa shape index (κ2) is 6.81. The molecule has 2 amide bonds. The molecule has 0 aromatic heterocycles. The number of hydrogen-bond acceptors (Lipinski definition) is 3. The minimum atomic E-state index is -1.12. The molecule has 0 aliphatic carbocycles. The van der Waals surface area contributed by atoms with E-state index >= 15 is 0 Å². The number of nitrogens with zero attached hydrogens (tertiary/aromatic N) is 2. The second-order valence-electron chi connectivity index (χ2n) is 3.65. The Morgan fingerprint density at radius 1 is 1.47 bits per heavy atom. The monoisotopic (exact) mass is 259 g/mol. The molecule has 0 fully saturated rings. The van der Waals surface area contributed by atoms with Crippen LogP contribution in [0.15, 0.2) is 36.9 Å². The summed E-state index contributed by atoms with van der Waals surface area (Å²) in [6.07, 6.45) is 1.43. The van der Waals surface area contributed by atoms with Crippen molar-refractivity contribution in [1.29, 1.82) is 5.26 Å². The largest absolute Gasteiger partial charge is 0.480 e. The van der Waals surface area contributed by atoms with Crippen molar-refractivity contribution < 1.29 is 14.7 Å². The van der Waals surface area contributed by atoms with Crippen LogP contribution in [0, 0.1) is 11.3 Å². The van der Waals surface area contributed by atoms with Gasteiger partial charge in [0.05, 0.1) is 11.3 Å². The van der Waals surface area contributed by atoms with Crippen molar-refractivity contribution in [3.05, 3.63) is 42.5 Å². The van der Waals surface area contributed by atoms with Crippen molar-refractivity contribution in [1.82, 2.24) is 4.90 Å². The Bertz CT molecular complexity index is 534. The van der Waals surface area contributed by atoms with Gasteiger partial charge in [0, 0.05) is 6.54 Å². The number of rotatable bonds is 5. The van der Waals surface area contributed by atoms with Crippen LogP contribution < -0.4 is 5.32 Å². The number of carboxylic acids is 1. The van der Waals surface area contributed by atoms with Crippen molar-refractivity contribution in [3.8, 4) is 6.07 Å². The molecule has 0 atom stereocenters. The maximum absolute atomic E-state index is 11.9. The molecule has 1 aromatic carbocycles. The summed E-state index contributed by atoms with van der Waals surface area (Å²) in [6.45, 7) is 3.13. The first-order valence-electron chi connectivity index (χ1n) is 5.46. The molecule has 1 aromatic rings. The highest BCUT2D eigenvalue weighted by molar-refractivity contribution is 5.92. The number of hydrogen-bond donors (Lipinski definition) is 2. The van der Waals surface area contributed by atoms with Crippen LogP contribution in [0.2, 0.25) is 0 Å². The van der Waals surface area contributed by atoms with E-state index in [4.69, 9.17) is 10.4 Å². The Labute approximate surface area is 110 Å². The van der Waals surface area contributed by atoms with Crippen molar-refractivity contribution in [3.63, 3.8) is 0 Å². The summed E-state index contributed by atoms with van der Waals surface area (Å²) in [4.78, 5) is 23.6. The average molecular weight is 259 g/mol. The molecular weight excluding hydrogens is 246 g/mol. The van der Waals surface area contributed by atoms with Crippen LogP contribution in [0.5, 0.6) is 0 Å². The maximum Gasteiger partial charge on any atom is 0.323 e. The number of carboxylic acid groups (broad SMARTS) is 1. The van der Waals surface area contributed by atoms with E-state index in [0.29, 0.717) is 11.3 Å². The molecule has 6 heteroatoms. The number of nitriles is 1. The SMILES string of the molecule is C=CCN(CC(=O)O)C(=O)Nc1ccccc1C#N. The zero-order chi connectivity index (χ0) is 14.3. The third-order valence-electron chi connectivity index (χ3n) is 2.25. The number of benzene rings is 1. The molecule has 0 unspecified atom stereocenters. The Morgan fingerprint density at radius 2 is 2.16 bits per heavy atom. The van der Waals surface area contributed by atoms with Gasteiger partial charge >= 0.3 is 12.0 Å². The fraction of sp³-hybridized carbons (Fsp3) is 0.154. The minimum absolute atomic E-state index is 0.104. The predicted octanol–water partition coefficient (Wildman–Crippen LogP) is 1.66. The number of carbonyl (C=O) groups excluding carboxylic acids is 1. The van der Waals surface area contributed by atoms with Crippen LogP contribution in [0.3, 0.4) is 0 Å². The first-order chi connectivity index (χ1) is 9.08. The molecule has 0 bridgehead atoms. The molecular formula is C13H13N3O3. The molecule has 6 nitrogen and oxygen atoms in total. The van der Waals surface area contributed by atoms with Gasteiger partial charge in [0.15, 0.2) is 0 Å². The lowest BCUT2D eigenvalue weighted by atomic mass is 10.2. The van der Waals surface area contributed by atoms with E-state index in [9.17, 15) is 9.59 Å². The number of nitrogens with one attached hydrogen (secondary N) is 1. The molecule has 0 saturated heterocycles. The molecule has 1 rings (SSSR count). The second-order valence-corrected chi connectivity index (χ2v) is 3.65. The molecule has 0 radical (unpaired) electrons. The van der Waals surface area contributed by atoms with Gasteiger partial charge in [-0.3, -0.25) is 4.79 Å². The molecule has 0 aliphatic heterocycles. The quantitative estimate of drug-likeness (QED) is 0.786. The highest BCUT2D eigenvalue weighted by Gasteiger charge is 2.16. The zero-order valence-corrected chi connectivity index (χ0v) is 10.2. The van der Waals surface area contributed by atoms with Gasteiger partial charge < -0.3 is 15.3 Å². The Kier molecular flexibility index (Phi) is 5.11. The molecule has 0 heterocycles. The fourth-order valence-electron chi connectivity index (χ4n) is 1.42. The van der Waals surface area contributed by atoms with Gasteiger partial charge in [-0.05, 0) is 12.1 Å². The summed E-state index contributed by atoms with van der Waals surface area (Å²) in [5.74, 6) is -1.12. The lowest BCUT2D eigenvalue weighted by molar-refractivity contribution is -0.137. The summed E-state index contributed by atoms with van der Waals surface area (Å²) >= 11 is 0. The summed E-state index contributed by atoms with van der Waals surface area (Å²) in [6, 6.07) is 7.83. The summed E-state index contributed by atoms with van der Waals surface area (Å²) in [5, 5.41) is 20.1. The van der Waals surface area contributed by atoms with Gasteiger partial charge in [0.1, 0.15) is 12.6 Å². The van der Waals surface area contributed by atoms with E-state index in [1.54, 1.807) is 24.3 Å². The van der Waals surface area contributed by atoms with Crippen LogP contribution in [0.1, 0.15) is 5.56 Å². The predicted molar refractivity (Wildman–Crippen MR) is 69.6 cm³/mol. The number of para-hydroxylation sites is 1. The first kappa shape index (κ1) is 14.3. The Balaban J connectivity index is 2.84. The molecule has 19 heavy (non-hydrogen) atoms. The smallest absolute Gasteiger partial charge is 0.323 e. The molecule has 2 N–H and O–H groups in total. The fourth-order valence-corrected chi connectivity index (χ4v) is 1.42. The molecule has 98 valence electrons. The van der Waals surface area contributed by atoms with Crippen LogP contribution in [0.25, 0.3) is 0 Å². The van der Waals surface area contributed by atoms with Crippen LogP contribution in [0.4, 0.5) is 10.5 Å². The number of amides is 2. The minimum Gasteiger partial charge on any atom is -0.480 e. The standard InChI is InChI=1S/C13H13N3O3/c1-2-7-16(9-12(17)18)13(19)15-11-6-4-3-5-10(11)8-14/h2-6H,1,7,9H2,(H,15,19)(H,17,18). The highest BCUT2D eigenvalue weighted by atomic mass is 16.4. The molecule has 0 spiro atoms. The van der Waals surface area contributed by atoms with E-state index in [2.05, 4.69) is 11.9 Å². The van der Waals surface area contributed by atoms with Crippen molar-refractivity contribution in [2.24, 2.45) is 0 Å². The van der Waals surface area contributed by atoms with Gasteiger partial charge in [-0.2, -0.15) is 5.26 Å². The number of aliphatic carboxylic acids is 1. The maximum atomic E-state index is 11.9. The van der Waals surface area contributed by atoms with Crippen molar-refractivity contribution in [2.45, 2.75) is 0 Å². The normalized spacial score (nSPS) is 9.21. The van der Waals surface area contributed by atoms with E-state index in [1.165, 1.54) is 6.08 Å². The van der Waals surface area contributed by atoms with Crippen molar-refractivity contribution in [2.75, 3.05) is 18.4 Å². The van der Waals surface area contributed by atoms with E-state index in [0.717, 1.165) is 4.90 Å². The number of urea groups is 1. The van der Waals surface area contributed by atoms with Gasteiger partial charge in [-0.15, -0.1) is 6.58 Å². The molecule has 0 aliphatic rings. The summed E-state index contributed by atoms with van der Waals surface area (Å²) < 4.78 is 0. The number of anilines is 1. The average Bonchev–Trinajstić information content (AvgIpc) is 2.38. The zero-order valence-electron chi connectivity index (χ0n) is 10.2. The third kappa shape index (κ3) is 4.16. The third-order valence-corrected chi connectivity index (χ3v) is 2.25. The van der Waals surface area contributed by atoms with E-state index < -0.39 is 18.5 Å². The van der Waals surface area contributed by atoms with E-state index in [-0.39, 0.29) is 6.54 Å². The summed E-state index contributed by atoms with van der Waals surface area (Å²) in [7, 11) is 0. The highest BCUT2D eigenvalue weighted by Crippen LogP contribution is 2.14. The van der Waals surface area contributed by atoms with Crippen LogP contribution >= 0.6 is 0 Å². The van der Waals surface area contributed by atoms with Crippen LogP contribution in [-0.4, -0.2) is 35.1 Å². The lowest BCUT2D eigenvalue weighted by Gasteiger charge is -2.19. The first-order valence-corrected chi connectivity index (χ1v) is 5.46. The topological polar surface area (TPSA) is 93.4 Å². The van der Waals surface area contributed by atoms with E-state index in [1.807, 2.05) is 6.07 Å². The van der Waals surface area contributed by atoms with Gasteiger partial charge in [0.25, 0.3) is 0 Å². The van der Waals surface area contributed by atoms with Crippen LogP contribution in [-0.2, 0) is 4.79 Å². The Morgan fingerprint density at radius 3 is 2.74 bits per heavy atom.